The van der Waals surface area contributed by atoms with Gasteiger partial charge in [-0.15, -0.1) is 4.91 Å². The number of benzene rings is 1. The van der Waals surface area contributed by atoms with Crippen molar-refractivity contribution in [1.29, 1.82) is 0 Å². The first-order valence-corrected chi connectivity index (χ1v) is 5.56. The fourth-order valence-electron chi connectivity index (χ4n) is 1.51. The summed E-state index contributed by atoms with van der Waals surface area (Å²) < 4.78 is 0. The van der Waals surface area contributed by atoms with Crippen LogP contribution in [0.15, 0.2) is 23.5 Å². The number of nitrogens with zero attached hydrogens (tertiary/aromatic N) is 2. The van der Waals surface area contributed by atoms with Crippen molar-refractivity contribution < 1.29 is 15.3 Å². The third-order valence-corrected chi connectivity index (χ3v) is 2.53. The number of aliphatic hydroxyl groups is 1. The number of phenolic OH excluding ortho intramolecular Hbond substituents is 2. The first-order chi connectivity index (χ1) is 8.24. The Hall–Kier alpha value is -1.82. The third-order valence-electron chi connectivity index (χ3n) is 2.53. The molecule has 0 fully saturated rings. The average molecular weight is 254 g/mol. The van der Waals surface area contributed by atoms with Gasteiger partial charge < -0.3 is 15.3 Å². The van der Waals surface area contributed by atoms with Crippen LogP contribution in [0.4, 0.5) is 0 Å². The summed E-state index contributed by atoms with van der Waals surface area (Å²) in [4.78, 5) is 10.7. The Morgan fingerprint density at radius 3 is 2.11 bits per heavy atom. The summed E-state index contributed by atoms with van der Waals surface area (Å²) >= 11 is 0. The summed E-state index contributed by atoms with van der Waals surface area (Å²) in [6.07, 6.45) is -1.03. The molecule has 1 aromatic rings. The summed E-state index contributed by atoms with van der Waals surface area (Å²) in [6, 6.07) is 3.82. The largest absolute Gasteiger partial charge is 0.508 e. The van der Waals surface area contributed by atoms with Crippen molar-refractivity contribution in [3.05, 3.63) is 28.7 Å². The van der Waals surface area contributed by atoms with Crippen LogP contribution in [0, 0.1) is 4.91 Å². The van der Waals surface area contributed by atoms with Crippen molar-refractivity contribution in [1.82, 2.24) is 5.01 Å². The number of β-amino-alcohol motifs (C(OH)–C–C–N with tert-alkyl or cyclic N) is 1. The highest BCUT2D eigenvalue weighted by atomic mass is 16.3. The molecule has 0 spiro atoms. The van der Waals surface area contributed by atoms with E-state index in [9.17, 15) is 20.2 Å². The topological polar surface area (TPSA) is 93.4 Å². The number of nitroso groups, excluding NO2 is 1. The van der Waals surface area contributed by atoms with Crippen LogP contribution in [0.1, 0.15) is 32.4 Å². The van der Waals surface area contributed by atoms with Gasteiger partial charge in [0.25, 0.3) is 0 Å². The molecule has 0 aliphatic heterocycles. The maximum atomic E-state index is 10.7. The first-order valence-electron chi connectivity index (χ1n) is 5.56. The van der Waals surface area contributed by atoms with E-state index >= 15 is 0 Å². The van der Waals surface area contributed by atoms with Crippen LogP contribution in [0.25, 0.3) is 0 Å². The predicted molar refractivity (Wildman–Crippen MR) is 67.0 cm³/mol. The lowest BCUT2D eigenvalue weighted by atomic mass is 10.0. The Bertz CT molecular complexity index is 408. The van der Waals surface area contributed by atoms with Crippen LogP contribution in [0.5, 0.6) is 11.5 Å². The van der Waals surface area contributed by atoms with E-state index in [0.717, 1.165) is 6.07 Å². The fraction of sp³-hybridized carbons (Fsp3) is 0.500. The molecule has 1 aromatic carbocycles. The van der Waals surface area contributed by atoms with Gasteiger partial charge in [0.1, 0.15) is 11.5 Å². The molecule has 1 atom stereocenters. The van der Waals surface area contributed by atoms with E-state index < -0.39 is 11.6 Å². The molecule has 0 saturated heterocycles. The van der Waals surface area contributed by atoms with Gasteiger partial charge in [-0.1, -0.05) is 0 Å². The Morgan fingerprint density at radius 2 is 1.72 bits per heavy atom. The van der Waals surface area contributed by atoms with E-state index in [0.29, 0.717) is 5.56 Å². The molecule has 100 valence electrons. The monoisotopic (exact) mass is 254 g/mol. The van der Waals surface area contributed by atoms with Crippen molar-refractivity contribution in [2.24, 2.45) is 5.29 Å². The van der Waals surface area contributed by atoms with E-state index in [1.54, 1.807) is 20.8 Å². The zero-order valence-corrected chi connectivity index (χ0v) is 10.7. The minimum atomic E-state index is -1.03. The molecule has 0 aromatic heterocycles. The highest BCUT2D eigenvalue weighted by Gasteiger charge is 2.24. The van der Waals surface area contributed by atoms with Crippen LogP contribution < -0.4 is 0 Å². The molecule has 0 aliphatic carbocycles. The number of phenols is 2. The molecule has 3 N–H and O–H groups in total. The Kier molecular flexibility index (Phi) is 4.13. The van der Waals surface area contributed by atoms with Crippen LogP contribution >= 0.6 is 0 Å². The number of hydrogen-bond acceptors (Lipinski definition) is 5. The Balaban J connectivity index is 2.87. The van der Waals surface area contributed by atoms with E-state index in [2.05, 4.69) is 5.29 Å². The van der Waals surface area contributed by atoms with Crippen LogP contribution in [0.3, 0.4) is 0 Å². The maximum absolute atomic E-state index is 10.7. The van der Waals surface area contributed by atoms with Gasteiger partial charge in [-0.05, 0) is 38.5 Å². The second kappa shape index (κ2) is 5.22. The zero-order valence-electron chi connectivity index (χ0n) is 10.7. The van der Waals surface area contributed by atoms with E-state index in [4.69, 9.17) is 0 Å². The number of hydrogen-bond donors (Lipinski definition) is 3. The van der Waals surface area contributed by atoms with Gasteiger partial charge in [-0.2, -0.15) is 0 Å². The Labute approximate surface area is 105 Å². The SMILES string of the molecule is CC(C)(C)N(CC(O)c1cc(O)cc(O)c1)N=O. The van der Waals surface area contributed by atoms with E-state index in [-0.39, 0.29) is 18.0 Å². The summed E-state index contributed by atoms with van der Waals surface area (Å²) in [7, 11) is 0. The van der Waals surface area contributed by atoms with Crippen molar-refractivity contribution in [2.75, 3.05) is 6.54 Å². The van der Waals surface area contributed by atoms with Crippen molar-refractivity contribution >= 4 is 0 Å². The number of aliphatic hydroxyl groups excluding tert-OH is 1. The lowest BCUT2D eigenvalue weighted by molar-refractivity contribution is 0.0589. The highest BCUT2D eigenvalue weighted by Crippen LogP contribution is 2.27. The molecule has 6 heteroatoms. The average Bonchev–Trinajstić information content (AvgIpc) is 2.22. The first kappa shape index (κ1) is 14.2. The van der Waals surface area contributed by atoms with Crippen molar-refractivity contribution in [3.8, 4) is 11.5 Å². The number of rotatable bonds is 4. The molecule has 0 aliphatic rings. The second-order valence-corrected chi connectivity index (χ2v) is 5.13. The number of aromatic hydroxyl groups is 2. The lowest BCUT2D eigenvalue weighted by Crippen LogP contribution is -2.39. The summed E-state index contributed by atoms with van der Waals surface area (Å²) in [5, 5.41) is 32.7. The standard InChI is InChI=1S/C12H18N2O4/c1-12(2,3)14(13-18)7-11(17)8-4-9(15)6-10(16)5-8/h4-6,11,15-17H,7H2,1-3H3. The molecule has 0 saturated carbocycles. The summed E-state index contributed by atoms with van der Waals surface area (Å²) in [6.45, 7) is 5.36. The molecule has 0 bridgehead atoms. The minimum absolute atomic E-state index is 0.0180. The van der Waals surface area contributed by atoms with Gasteiger partial charge in [0.2, 0.25) is 0 Å². The van der Waals surface area contributed by atoms with Gasteiger partial charge in [0.15, 0.2) is 0 Å². The van der Waals surface area contributed by atoms with Gasteiger partial charge >= 0.3 is 0 Å². The van der Waals surface area contributed by atoms with E-state index in [1.165, 1.54) is 17.1 Å². The summed E-state index contributed by atoms with van der Waals surface area (Å²) in [5.74, 6) is -0.296. The Morgan fingerprint density at radius 1 is 1.22 bits per heavy atom. The van der Waals surface area contributed by atoms with Gasteiger partial charge in [-0.3, -0.25) is 5.01 Å². The van der Waals surface area contributed by atoms with Crippen LogP contribution in [-0.2, 0) is 0 Å². The van der Waals surface area contributed by atoms with Crippen molar-refractivity contribution in [2.45, 2.75) is 32.4 Å². The molecule has 18 heavy (non-hydrogen) atoms. The third kappa shape index (κ3) is 3.59. The molecule has 6 nitrogen and oxygen atoms in total. The lowest BCUT2D eigenvalue weighted by Gasteiger charge is -2.31. The normalized spacial score (nSPS) is 13.1. The quantitative estimate of drug-likeness (QED) is 0.563. The van der Waals surface area contributed by atoms with Gasteiger partial charge in [-0.25, -0.2) is 0 Å². The predicted octanol–water partition coefficient (Wildman–Crippen LogP) is 1.91. The van der Waals surface area contributed by atoms with Gasteiger partial charge in [0.05, 0.1) is 23.5 Å². The molecule has 1 rings (SSSR count). The molecule has 0 amide bonds. The van der Waals surface area contributed by atoms with E-state index in [1.807, 2.05) is 0 Å². The van der Waals surface area contributed by atoms with Crippen molar-refractivity contribution in [3.63, 3.8) is 0 Å². The molecule has 0 radical (unpaired) electrons. The molecular formula is C12H18N2O4. The highest BCUT2D eigenvalue weighted by molar-refractivity contribution is 5.37. The zero-order chi connectivity index (χ0) is 13.9. The summed E-state index contributed by atoms with van der Waals surface area (Å²) in [5.41, 5.74) is -0.188. The minimum Gasteiger partial charge on any atom is -0.508 e. The second-order valence-electron chi connectivity index (χ2n) is 5.13. The van der Waals surface area contributed by atoms with Crippen LogP contribution in [-0.4, -0.2) is 32.4 Å². The van der Waals surface area contributed by atoms with Crippen LogP contribution in [0.2, 0.25) is 0 Å². The maximum Gasteiger partial charge on any atom is 0.119 e. The molecule has 0 heterocycles. The fourth-order valence-corrected chi connectivity index (χ4v) is 1.51. The molecular weight excluding hydrogens is 236 g/mol. The molecule has 1 unspecified atom stereocenters. The smallest absolute Gasteiger partial charge is 0.119 e. The van der Waals surface area contributed by atoms with Gasteiger partial charge in [0, 0.05) is 6.07 Å².